The van der Waals surface area contributed by atoms with Crippen molar-refractivity contribution in [3.05, 3.63) is 38.7 Å². The van der Waals surface area contributed by atoms with Gasteiger partial charge in [0.25, 0.3) is 11.2 Å². The number of hydrogen-bond acceptors (Lipinski definition) is 7. The van der Waals surface area contributed by atoms with Gasteiger partial charge in [-0.15, -0.1) is 0 Å². The number of non-ortho nitro benzene ring substituents is 1. The van der Waals surface area contributed by atoms with E-state index in [1.165, 1.54) is 30.9 Å². The Labute approximate surface area is 161 Å². The summed E-state index contributed by atoms with van der Waals surface area (Å²) in [6, 6.07) is 4.68. The van der Waals surface area contributed by atoms with Gasteiger partial charge in [-0.1, -0.05) is 0 Å². The minimum atomic E-state index is -0.632. The predicted molar refractivity (Wildman–Crippen MR) is 103 cm³/mol. The van der Waals surface area contributed by atoms with Crippen LogP contribution in [0.1, 0.15) is 19.3 Å². The molecule has 1 saturated carbocycles. The molecule has 0 amide bonds. The van der Waals surface area contributed by atoms with E-state index in [2.05, 4.69) is 5.32 Å². The topological polar surface area (TPSA) is 105 Å². The van der Waals surface area contributed by atoms with E-state index in [1.54, 1.807) is 6.07 Å². The number of nitrogens with zero attached hydrogens (tertiary/aromatic N) is 2. The fourth-order valence-corrected chi connectivity index (χ4v) is 3.78. The van der Waals surface area contributed by atoms with Crippen LogP contribution < -0.4 is 15.6 Å². The number of rotatable bonds is 6. The molecule has 2 aromatic rings. The first-order valence-corrected chi connectivity index (χ1v) is 9.33. The molecule has 4 rings (SSSR count). The number of anilines is 1. The number of hydrogen-bond donors (Lipinski definition) is 1. The van der Waals surface area contributed by atoms with Crippen LogP contribution in [0.4, 0.5) is 11.4 Å². The molecule has 0 bridgehead atoms. The van der Waals surface area contributed by atoms with E-state index < -0.39 is 11.2 Å². The van der Waals surface area contributed by atoms with Gasteiger partial charge in [-0.25, -0.2) is 0 Å². The molecule has 28 heavy (non-hydrogen) atoms. The van der Waals surface area contributed by atoms with E-state index in [-0.39, 0.29) is 29.6 Å². The standard InChI is InChI=1S/C19H23N3O6/c1-26-16(27-2)10-21-15-6-5-12(22(24)25)9-13(15)17-18(19(21)23)28-8-7-14(20-17)11-3-4-11/h5-6,9,11,14,16,20H,3-4,7-8,10H2,1-2H3. The van der Waals surface area contributed by atoms with Crippen molar-refractivity contribution in [1.82, 2.24) is 4.57 Å². The zero-order valence-electron chi connectivity index (χ0n) is 15.8. The van der Waals surface area contributed by atoms with Crippen LogP contribution in [0.5, 0.6) is 5.75 Å². The molecule has 1 N–H and O–H groups in total. The molecular formula is C19H23N3O6. The third kappa shape index (κ3) is 3.31. The van der Waals surface area contributed by atoms with Crippen molar-refractivity contribution in [2.24, 2.45) is 5.92 Å². The van der Waals surface area contributed by atoms with Gasteiger partial charge in [-0.05, 0) is 24.8 Å². The zero-order chi connectivity index (χ0) is 19.8. The van der Waals surface area contributed by atoms with Crippen LogP contribution in [-0.2, 0) is 16.0 Å². The predicted octanol–water partition coefficient (Wildman–Crippen LogP) is 2.50. The van der Waals surface area contributed by atoms with Gasteiger partial charge >= 0.3 is 0 Å². The first-order valence-electron chi connectivity index (χ1n) is 9.33. The van der Waals surface area contributed by atoms with Crippen molar-refractivity contribution in [1.29, 1.82) is 0 Å². The summed E-state index contributed by atoms with van der Waals surface area (Å²) in [4.78, 5) is 24.1. The third-order valence-electron chi connectivity index (χ3n) is 5.47. The Balaban J connectivity index is 1.93. The van der Waals surface area contributed by atoms with Crippen molar-refractivity contribution in [2.45, 2.75) is 38.1 Å². The number of methoxy groups -OCH3 is 2. The van der Waals surface area contributed by atoms with Crippen molar-refractivity contribution in [2.75, 3.05) is 26.1 Å². The molecule has 1 aliphatic heterocycles. The molecule has 2 aliphatic rings. The average molecular weight is 389 g/mol. The Bertz CT molecular complexity index is 964. The molecule has 0 radical (unpaired) electrons. The number of nitro benzene ring substituents is 1. The maximum absolute atomic E-state index is 13.2. The highest BCUT2D eigenvalue weighted by atomic mass is 16.7. The maximum Gasteiger partial charge on any atom is 0.295 e. The van der Waals surface area contributed by atoms with Gasteiger partial charge in [0.2, 0.25) is 5.75 Å². The van der Waals surface area contributed by atoms with Crippen LogP contribution in [-0.4, -0.2) is 42.6 Å². The summed E-state index contributed by atoms with van der Waals surface area (Å²) in [5.74, 6) is 0.749. The number of nitro groups is 1. The summed E-state index contributed by atoms with van der Waals surface area (Å²) < 4.78 is 17.8. The number of pyridine rings is 1. The Morgan fingerprint density at radius 3 is 2.71 bits per heavy atom. The first kappa shape index (κ1) is 18.7. The summed E-state index contributed by atoms with van der Waals surface area (Å²) in [7, 11) is 2.99. The molecule has 150 valence electrons. The average Bonchev–Trinajstić information content (AvgIpc) is 3.53. The second-order valence-electron chi connectivity index (χ2n) is 7.20. The molecule has 1 unspecified atom stereocenters. The lowest BCUT2D eigenvalue weighted by atomic mass is 10.1. The Morgan fingerprint density at radius 1 is 1.32 bits per heavy atom. The third-order valence-corrected chi connectivity index (χ3v) is 5.47. The van der Waals surface area contributed by atoms with Crippen molar-refractivity contribution in [3.8, 4) is 5.75 Å². The van der Waals surface area contributed by atoms with E-state index in [4.69, 9.17) is 14.2 Å². The van der Waals surface area contributed by atoms with E-state index in [0.29, 0.717) is 29.1 Å². The van der Waals surface area contributed by atoms with Gasteiger partial charge in [0.1, 0.15) is 0 Å². The molecule has 1 fully saturated rings. The Morgan fingerprint density at radius 2 is 2.07 bits per heavy atom. The fourth-order valence-electron chi connectivity index (χ4n) is 3.78. The normalized spacial score (nSPS) is 19.0. The quantitative estimate of drug-likeness (QED) is 0.460. The Kier molecular flexibility index (Phi) is 4.94. The van der Waals surface area contributed by atoms with E-state index in [1.807, 2.05) is 0 Å². The van der Waals surface area contributed by atoms with E-state index in [0.717, 1.165) is 19.3 Å². The van der Waals surface area contributed by atoms with Crippen LogP contribution in [0.15, 0.2) is 23.0 Å². The van der Waals surface area contributed by atoms with Crippen molar-refractivity contribution < 1.29 is 19.1 Å². The van der Waals surface area contributed by atoms with Crippen LogP contribution >= 0.6 is 0 Å². The lowest BCUT2D eigenvalue weighted by Gasteiger charge is -2.21. The molecule has 9 heteroatoms. The molecule has 0 spiro atoms. The largest absolute Gasteiger partial charge is 0.486 e. The summed E-state index contributed by atoms with van der Waals surface area (Å²) in [5, 5.41) is 15.4. The molecule has 2 heterocycles. The van der Waals surface area contributed by atoms with Gasteiger partial charge in [0.05, 0.1) is 29.3 Å². The van der Waals surface area contributed by atoms with Crippen LogP contribution in [0.25, 0.3) is 10.9 Å². The van der Waals surface area contributed by atoms with Crippen LogP contribution in [0, 0.1) is 16.0 Å². The minimum Gasteiger partial charge on any atom is -0.486 e. The van der Waals surface area contributed by atoms with Gasteiger partial charge in [-0.3, -0.25) is 19.5 Å². The molecular weight excluding hydrogens is 366 g/mol. The molecule has 0 saturated heterocycles. The molecule has 1 aliphatic carbocycles. The lowest BCUT2D eigenvalue weighted by Crippen LogP contribution is -2.30. The van der Waals surface area contributed by atoms with Crippen molar-refractivity contribution in [3.63, 3.8) is 0 Å². The van der Waals surface area contributed by atoms with Crippen LogP contribution in [0.3, 0.4) is 0 Å². The second-order valence-corrected chi connectivity index (χ2v) is 7.20. The molecule has 1 atom stereocenters. The van der Waals surface area contributed by atoms with Crippen LogP contribution in [0.2, 0.25) is 0 Å². The summed E-state index contributed by atoms with van der Waals surface area (Å²) in [5.41, 5.74) is 0.769. The lowest BCUT2D eigenvalue weighted by molar-refractivity contribution is -0.384. The number of fused-ring (bicyclic) bond motifs is 3. The number of aromatic nitrogens is 1. The monoisotopic (exact) mass is 389 g/mol. The Hall–Kier alpha value is -2.65. The first-order chi connectivity index (χ1) is 13.5. The van der Waals surface area contributed by atoms with Gasteiger partial charge < -0.3 is 19.5 Å². The van der Waals surface area contributed by atoms with Crippen molar-refractivity contribution >= 4 is 22.3 Å². The summed E-state index contributed by atoms with van der Waals surface area (Å²) in [6.45, 7) is 0.567. The molecule has 1 aromatic heterocycles. The highest BCUT2D eigenvalue weighted by molar-refractivity contribution is 5.96. The molecule has 9 nitrogen and oxygen atoms in total. The highest BCUT2D eigenvalue weighted by Crippen LogP contribution is 2.41. The number of benzene rings is 1. The van der Waals surface area contributed by atoms with Gasteiger partial charge in [-0.2, -0.15) is 0 Å². The minimum absolute atomic E-state index is 0.0380. The van der Waals surface area contributed by atoms with Gasteiger partial charge in [0, 0.05) is 44.2 Å². The maximum atomic E-state index is 13.2. The van der Waals surface area contributed by atoms with E-state index >= 15 is 0 Å². The fraction of sp³-hybridized carbons (Fsp3) is 0.526. The smallest absolute Gasteiger partial charge is 0.295 e. The zero-order valence-corrected chi connectivity index (χ0v) is 15.8. The highest BCUT2D eigenvalue weighted by Gasteiger charge is 2.34. The molecule has 1 aromatic carbocycles. The summed E-state index contributed by atoms with van der Waals surface area (Å²) in [6.07, 6.45) is 2.44. The number of nitrogens with one attached hydrogen (secondary N) is 1. The number of ether oxygens (including phenoxy) is 3. The SMILES string of the molecule is COC(Cn1c(=O)c2c(c3cc([N+](=O)[O-])ccc31)NC(C1CC1)CCO2)OC. The van der Waals surface area contributed by atoms with Gasteiger partial charge in [0.15, 0.2) is 6.29 Å². The summed E-state index contributed by atoms with van der Waals surface area (Å²) >= 11 is 0. The van der Waals surface area contributed by atoms with E-state index in [9.17, 15) is 14.9 Å². The second kappa shape index (κ2) is 7.40.